The van der Waals surface area contributed by atoms with E-state index in [0.29, 0.717) is 17.2 Å². The van der Waals surface area contributed by atoms with Crippen LogP contribution < -0.4 is 4.74 Å². The van der Waals surface area contributed by atoms with Crippen molar-refractivity contribution in [2.45, 2.75) is 32.7 Å². The van der Waals surface area contributed by atoms with Gasteiger partial charge in [0.1, 0.15) is 17.1 Å². The van der Waals surface area contributed by atoms with Crippen LogP contribution in [0.4, 0.5) is 5.69 Å². The minimum absolute atomic E-state index is 0.0900. The van der Waals surface area contributed by atoms with Crippen molar-refractivity contribution < 1.29 is 23.9 Å². The van der Waals surface area contributed by atoms with E-state index in [0.717, 1.165) is 0 Å². The number of halogens is 2. The molecule has 28 heavy (non-hydrogen) atoms. The molecule has 7 nitrogen and oxygen atoms in total. The van der Waals surface area contributed by atoms with Gasteiger partial charge in [0.05, 0.1) is 9.95 Å². The summed E-state index contributed by atoms with van der Waals surface area (Å²) in [4.78, 5) is 22.9. The normalized spacial score (nSPS) is 19.0. The molecule has 0 saturated carbocycles. The summed E-state index contributed by atoms with van der Waals surface area (Å²) in [6, 6.07) is 8.79. The number of hydrogen-bond donors (Lipinski definition) is 0. The Balaban J connectivity index is 1.90. The smallest absolute Gasteiger partial charge is 0.338 e. The Morgan fingerprint density at radius 1 is 1.21 bits per heavy atom. The van der Waals surface area contributed by atoms with E-state index in [1.54, 1.807) is 12.1 Å². The molecule has 2 aromatic carbocycles. The first-order valence-electron chi connectivity index (χ1n) is 8.51. The average Bonchev–Trinajstić information content (AvgIpc) is 2.97. The zero-order valence-electron chi connectivity index (χ0n) is 15.1. The van der Waals surface area contributed by atoms with E-state index >= 15 is 0 Å². The maximum atomic E-state index is 12.0. The van der Waals surface area contributed by atoms with Gasteiger partial charge in [-0.05, 0) is 42.7 Å². The fourth-order valence-electron chi connectivity index (χ4n) is 2.77. The highest BCUT2D eigenvalue weighted by atomic mass is 35.5. The highest BCUT2D eigenvalue weighted by Crippen LogP contribution is 2.39. The van der Waals surface area contributed by atoms with Crippen molar-refractivity contribution in [3.8, 4) is 11.5 Å². The van der Waals surface area contributed by atoms with Crippen molar-refractivity contribution in [2.24, 2.45) is 5.92 Å². The molecular weight excluding hydrogens is 409 g/mol. The third kappa shape index (κ3) is 4.55. The van der Waals surface area contributed by atoms with Crippen molar-refractivity contribution in [1.82, 2.24) is 0 Å². The first kappa shape index (κ1) is 20.4. The van der Waals surface area contributed by atoms with E-state index in [9.17, 15) is 14.9 Å². The van der Waals surface area contributed by atoms with Crippen LogP contribution in [0.1, 0.15) is 32.1 Å². The lowest BCUT2D eigenvalue weighted by Gasteiger charge is -2.13. The first-order valence-corrected chi connectivity index (χ1v) is 9.27. The number of rotatable bonds is 6. The molecule has 148 valence electrons. The molecule has 2 atom stereocenters. The fraction of sp³-hybridized carbons (Fsp3) is 0.316. The number of hydrogen-bond acceptors (Lipinski definition) is 6. The number of benzene rings is 2. The summed E-state index contributed by atoms with van der Waals surface area (Å²) in [6.45, 7) is 3.88. The lowest BCUT2D eigenvalue weighted by Crippen LogP contribution is -2.18. The molecule has 0 aromatic heterocycles. The molecule has 0 aliphatic carbocycles. The third-order valence-corrected chi connectivity index (χ3v) is 4.56. The minimum Gasteiger partial charge on any atom is -0.456 e. The summed E-state index contributed by atoms with van der Waals surface area (Å²) in [7, 11) is 0. The summed E-state index contributed by atoms with van der Waals surface area (Å²) in [5, 5.41) is 12.1. The molecule has 2 aromatic rings. The molecule has 1 aliphatic rings. The van der Waals surface area contributed by atoms with Crippen molar-refractivity contribution in [1.29, 1.82) is 0 Å². The highest BCUT2D eigenvalue weighted by molar-refractivity contribution is 6.35. The molecule has 0 N–H and O–H groups in total. The van der Waals surface area contributed by atoms with Gasteiger partial charge in [-0.15, -0.1) is 0 Å². The Morgan fingerprint density at radius 2 is 1.96 bits per heavy atom. The summed E-state index contributed by atoms with van der Waals surface area (Å²) in [5.41, 5.74) is -0.148. The molecule has 1 aliphatic heterocycles. The van der Waals surface area contributed by atoms with E-state index in [2.05, 4.69) is 0 Å². The number of esters is 1. The van der Waals surface area contributed by atoms with E-state index < -0.39 is 23.3 Å². The van der Waals surface area contributed by atoms with Gasteiger partial charge < -0.3 is 14.2 Å². The molecule has 1 heterocycles. The van der Waals surface area contributed by atoms with Crippen molar-refractivity contribution in [2.75, 3.05) is 0 Å². The van der Waals surface area contributed by atoms with Crippen LogP contribution in [0.15, 0.2) is 36.4 Å². The van der Waals surface area contributed by atoms with Crippen molar-refractivity contribution in [3.05, 3.63) is 62.1 Å². The summed E-state index contributed by atoms with van der Waals surface area (Å²) in [6.07, 6.45) is -1.49. The number of nitro groups is 1. The van der Waals surface area contributed by atoms with E-state index in [1.807, 2.05) is 13.8 Å². The molecular formula is C19H17Cl2NO6. The fourth-order valence-corrected chi connectivity index (χ4v) is 3.21. The zero-order chi connectivity index (χ0) is 20.4. The number of carbonyl (C=O) groups excluding carboxylic acids is 1. The molecule has 2 unspecified atom stereocenters. The molecule has 3 rings (SSSR count). The monoisotopic (exact) mass is 425 g/mol. The van der Waals surface area contributed by atoms with Gasteiger partial charge in [0.15, 0.2) is 6.10 Å². The molecule has 9 heteroatoms. The molecule has 0 bridgehead atoms. The van der Waals surface area contributed by atoms with Gasteiger partial charge in [0.25, 0.3) is 5.69 Å². The quantitative estimate of drug-likeness (QED) is 0.336. The maximum Gasteiger partial charge on any atom is 0.338 e. The van der Waals surface area contributed by atoms with Crippen LogP contribution in [0.2, 0.25) is 10.0 Å². The number of nitro benzene ring substituents is 1. The second kappa shape index (κ2) is 8.34. The number of nitrogens with zero attached hydrogens (tertiary/aromatic N) is 1. The van der Waals surface area contributed by atoms with Gasteiger partial charge >= 0.3 is 5.97 Å². The Morgan fingerprint density at radius 3 is 2.61 bits per heavy atom. The molecule has 0 spiro atoms. The second-order valence-electron chi connectivity index (χ2n) is 6.68. The van der Waals surface area contributed by atoms with Gasteiger partial charge in [-0.3, -0.25) is 10.1 Å². The van der Waals surface area contributed by atoms with Crippen LogP contribution in [-0.4, -0.2) is 17.0 Å². The van der Waals surface area contributed by atoms with Crippen molar-refractivity contribution >= 4 is 34.9 Å². The highest BCUT2D eigenvalue weighted by Gasteiger charge is 2.39. The van der Waals surface area contributed by atoms with Crippen LogP contribution in [-0.2, 0) is 14.3 Å². The van der Waals surface area contributed by atoms with Crippen LogP contribution in [0.5, 0.6) is 11.5 Å². The predicted octanol–water partition coefficient (Wildman–Crippen LogP) is 5.68. The van der Waals surface area contributed by atoms with E-state index in [4.69, 9.17) is 37.4 Å². The van der Waals surface area contributed by atoms with Gasteiger partial charge in [-0.25, -0.2) is 4.79 Å². The standard InChI is InChI=1S/C19H17Cl2NO6/c1-10(2)7-17-18(23)28-19(27-17)13-9-12(4-5-15(13)22(24)25)26-16-6-3-11(20)8-14(16)21/h3-6,8-10,17,19H,7H2,1-2H3. The van der Waals surface area contributed by atoms with Crippen molar-refractivity contribution in [3.63, 3.8) is 0 Å². The van der Waals surface area contributed by atoms with Crippen LogP contribution >= 0.6 is 23.2 Å². The zero-order valence-corrected chi connectivity index (χ0v) is 16.6. The Hall–Kier alpha value is -2.35. The Kier molecular flexibility index (Phi) is 6.07. The molecule has 1 saturated heterocycles. The molecule has 0 radical (unpaired) electrons. The third-order valence-electron chi connectivity index (χ3n) is 4.03. The molecule has 1 fully saturated rings. The number of ether oxygens (including phenoxy) is 3. The van der Waals surface area contributed by atoms with E-state index in [1.165, 1.54) is 24.3 Å². The Labute approximate surface area is 171 Å². The number of carbonyl (C=O) groups is 1. The van der Waals surface area contributed by atoms with Gasteiger partial charge in [-0.1, -0.05) is 37.0 Å². The van der Waals surface area contributed by atoms with Crippen LogP contribution in [0, 0.1) is 16.0 Å². The van der Waals surface area contributed by atoms with Crippen LogP contribution in [0.3, 0.4) is 0 Å². The minimum atomic E-state index is -1.18. The van der Waals surface area contributed by atoms with E-state index in [-0.39, 0.29) is 27.9 Å². The van der Waals surface area contributed by atoms with Gasteiger partial charge in [0.2, 0.25) is 6.29 Å². The lowest BCUT2D eigenvalue weighted by molar-refractivity contribution is -0.386. The summed E-state index contributed by atoms with van der Waals surface area (Å²) >= 11 is 12.0. The molecule has 0 amide bonds. The van der Waals surface area contributed by atoms with Crippen LogP contribution in [0.25, 0.3) is 0 Å². The SMILES string of the molecule is CC(C)CC1OC(c2cc(Oc3ccc(Cl)cc3Cl)ccc2[N+](=O)[O-])OC1=O. The predicted molar refractivity (Wildman–Crippen MR) is 103 cm³/mol. The largest absolute Gasteiger partial charge is 0.456 e. The lowest BCUT2D eigenvalue weighted by atomic mass is 10.1. The summed E-state index contributed by atoms with van der Waals surface area (Å²) in [5.74, 6) is 0.262. The Bertz CT molecular complexity index is 917. The summed E-state index contributed by atoms with van der Waals surface area (Å²) < 4.78 is 16.6. The van der Waals surface area contributed by atoms with Gasteiger partial charge in [0, 0.05) is 11.1 Å². The first-order chi connectivity index (χ1) is 13.2. The average molecular weight is 426 g/mol. The topological polar surface area (TPSA) is 87.9 Å². The maximum absolute atomic E-state index is 12.0. The van der Waals surface area contributed by atoms with Gasteiger partial charge in [-0.2, -0.15) is 0 Å². The second-order valence-corrected chi connectivity index (χ2v) is 7.52. The number of cyclic esters (lactones) is 1.